The molecule has 55 heavy (non-hydrogen) atoms. The van der Waals surface area contributed by atoms with E-state index in [4.69, 9.17) is 14.6 Å². The van der Waals surface area contributed by atoms with Crippen molar-refractivity contribution in [3.8, 4) is 17.6 Å². The lowest BCUT2D eigenvalue weighted by molar-refractivity contribution is -0.160. The van der Waals surface area contributed by atoms with E-state index in [1.165, 1.54) is 4.90 Å². The molecular formula is C38H40F6N4O6S. The molecule has 2 aliphatic heterocycles. The Hall–Kier alpha value is -4.85. The molecule has 1 N–H and O–H groups in total. The molecule has 296 valence electrons. The van der Waals surface area contributed by atoms with Crippen LogP contribution in [0.15, 0.2) is 54.2 Å². The number of hydrogen-bond donors (Lipinski definition) is 1. The molecule has 2 saturated heterocycles. The number of unbranched alkanes of at least 4 members (excludes halogenated alkanes) is 1. The van der Waals surface area contributed by atoms with Gasteiger partial charge in [0.15, 0.2) is 0 Å². The van der Waals surface area contributed by atoms with Gasteiger partial charge in [0.2, 0.25) is 5.60 Å². The van der Waals surface area contributed by atoms with Crippen molar-refractivity contribution in [2.75, 3.05) is 26.2 Å². The van der Waals surface area contributed by atoms with E-state index in [1.807, 2.05) is 0 Å². The van der Waals surface area contributed by atoms with Crippen molar-refractivity contribution >= 4 is 29.1 Å². The first-order valence-electron chi connectivity index (χ1n) is 17.9. The SMILES string of the molecule is CCCC1N(C(=O)c2cnccc2C(F)(F)F)CCCC1(Oc1csc(C(F)(F)F)c1)C(=O)N1CCC(C#N)(c2ccccc2OCCCCC(=O)O)CC1. The van der Waals surface area contributed by atoms with Gasteiger partial charge in [-0.2, -0.15) is 31.6 Å². The quantitative estimate of drug-likeness (QED) is 0.136. The molecule has 1 aromatic carbocycles. The normalized spacial score (nSPS) is 20.1. The summed E-state index contributed by atoms with van der Waals surface area (Å²) in [7, 11) is 0. The lowest BCUT2D eigenvalue weighted by Crippen LogP contribution is -2.68. The number of nitriles is 1. The second-order valence-electron chi connectivity index (χ2n) is 13.6. The molecule has 10 nitrogen and oxygen atoms in total. The Bertz CT molecular complexity index is 1890. The number of halogens is 6. The van der Waals surface area contributed by atoms with Crippen LogP contribution in [-0.4, -0.2) is 75.6 Å². The Morgan fingerprint density at radius 1 is 1.04 bits per heavy atom. The minimum atomic E-state index is -4.90. The van der Waals surface area contributed by atoms with Crippen molar-refractivity contribution < 1.29 is 55.3 Å². The average Bonchev–Trinajstić information content (AvgIpc) is 3.64. The maximum Gasteiger partial charge on any atom is 0.425 e. The lowest BCUT2D eigenvalue weighted by atomic mass is 9.72. The fourth-order valence-electron chi connectivity index (χ4n) is 7.45. The summed E-state index contributed by atoms with van der Waals surface area (Å²) in [6.07, 6.45) is -6.31. The monoisotopic (exact) mass is 794 g/mol. The minimum Gasteiger partial charge on any atom is -0.493 e. The maximum absolute atomic E-state index is 15.0. The summed E-state index contributed by atoms with van der Waals surface area (Å²) in [6.45, 7) is 1.94. The van der Waals surface area contributed by atoms with Gasteiger partial charge in [0.05, 0.1) is 35.3 Å². The number of piperidine rings is 2. The number of aromatic nitrogens is 1. The molecule has 17 heteroatoms. The molecule has 5 rings (SSSR count). The highest BCUT2D eigenvalue weighted by Crippen LogP contribution is 2.45. The van der Waals surface area contributed by atoms with Crippen LogP contribution in [0.5, 0.6) is 11.5 Å². The number of thiophene rings is 1. The van der Waals surface area contributed by atoms with Crippen LogP contribution < -0.4 is 9.47 Å². The predicted octanol–water partition coefficient (Wildman–Crippen LogP) is 8.12. The van der Waals surface area contributed by atoms with Crippen molar-refractivity contribution in [1.82, 2.24) is 14.8 Å². The van der Waals surface area contributed by atoms with E-state index in [9.17, 15) is 46.0 Å². The summed E-state index contributed by atoms with van der Waals surface area (Å²) in [4.78, 5) is 45.3. The number of aliphatic carboxylic acids is 1. The van der Waals surface area contributed by atoms with Gasteiger partial charge in [0.1, 0.15) is 16.4 Å². The Kier molecular flexibility index (Phi) is 12.7. The fraction of sp³-hybridized carbons (Fsp3) is 0.500. The highest BCUT2D eigenvalue weighted by atomic mass is 32.1. The molecule has 2 aromatic heterocycles. The molecule has 0 radical (unpaired) electrons. The first kappa shape index (κ1) is 41.3. The molecule has 0 spiro atoms. The zero-order chi connectivity index (χ0) is 40.0. The molecule has 2 atom stereocenters. The summed E-state index contributed by atoms with van der Waals surface area (Å²) >= 11 is 0.363. The van der Waals surface area contributed by atoms with Crippen LogP contribution in [0.4, 0.5) is 26.3 Å². The number of carboxylic acid groups (broad SMARTS) is 1. The number of pyridine rings is 1. The highest BCUT2D eigenvalue weighted by Gasteiger charge is 2.57. The molecule has 4 heterocycles. The molecule has 3 aromatic rings. The number of ether oxygens (including phenoxy) is 2. The van der Waals surface area contributed by atoms with E-state index in [2.05, 4.69) is 11.1 Å². The van der Waals surface area contributed by atoms with Crippen LogP contribution in [0, 0.1) is 11.3 Å². The molecule has 2 aliphatic rings. The second kappa shape index (κ2) is 16.9. The number of carboxylic acids is 1. The maximum atomic E-state index is 15.0. The van der Waals surface area contributed by atoms with Gasteiger partial charge in [-0.25, -0.2) is 0 Å². The first-order valence-corrected chi connectivity index (χ1v) is 18.8. The third-order valence-corrected chi connectivity index (χ3v) is 11.1. The molecule has 0 aliphatic carbocycles. The van der Waals surface area contributed by atoms with Crippen LogP contribution in [0.1, 0.15) is 91.1 Å². The van der Waals surface area contributed by atoms with E-state index < -0.39 is 63.2 Å². The van der Waals surface area contributed by atoms with Crippen LogP contribution in [0.25, 0.3) is 0 Å². The number of rotatable bonds is 13. The van der Waals surface area contributed by atoms with Gasteiger partial charge in [0, 0.05) is 61.9 Å². The van der Waals surface area contributed by atoms with E-state index in [0.29, 0.717) is 48.0 Å². The number of amides is 2. The zero-order valence-corrected chi connectivity index (χ0v) is 30.7. The summed E-state index contributed by atoms with van der Waals surface area (Å²) in [5.74, 6) is -2.44. The summed E-state index contributed by atoms with van der Waals surface area (Å²) in [5, 5.41) is 20.6. The minimum absolute atomic E-state index is 0.00943. The number of hydrogen-bond acceptors (Lipinski definition) is 8. The Morgan fingerprint density at radius 2 is 1.76 bits per heavy atom. The van der Waals surface area contributed by atoms with Gasteiger partial charge in [-0.3, -0.25) is 19.4 Å². The highest BCUT2D eigenvalue weighted by molar-refractivity contribution is 7.10. The van der Waals surface area contributed by atoms with Gasteiger partial charge in [-0.15, -0.1) is 11.3 Å². The second-order valence-corrected chi connectivity index (χ2v) is 14.6. The number of nitrogens with zero attached hydrogens (tertiary/aromatic N) is 4. The molecule has 2 unspecified atom stereocenters. The van der Waals surface area contributed by atoms with Crippen molar-refractivity contribution in [2.24, 2.45) is 0 Å². The van der Waals surface area contributed by atoms with Crippen molar-refractivity contribution in [3.63, 3.8) is 0 Å². The number of benzene rings is 1. The zero-order valence-electron chi connectivity index (χ0n) is 29.9. The molecule has 0 saturated carbocycles. The third kappa shape index (κ3) is 9.01. The number of para-hydroxylation sites is 1. The van der Waals surface area contributed by atoms with Gasteiger partial charge < -0.3 is 24.4 Å². The Labute approximate surface area is 317 Å². The number of carbonyl (C=O) groups is 3. The Morgan fingerprint density at radius 3 is 2.40 bits per heavy atom. The van der Waals surface area contributed by atoms with Gasteiger partial charge >= 0.3 is 18.3 Å². The molecule has 0 bridgehead atoms. The van der Waals surface area contributed by atoms with Gasteiger partial charge in [0.25, 0.3) is 11.8 Å². The first-order chi connectivity index (χ1) is 26.1. The number of carbonyl (C=O) groups excluding carboxylic acids is 2. The van der Waals surface area contributed by atoms with Crippen LogP contribution in [-0.2, 0) is 27.4 Å². The third-order valence-electron chi connectivity index (χ3n) is 10.1. The molecular weight excluding hydrogens is 754 g/mol. The van der Waals surface area contributed by atoms with Crippen LogP contribution in [0.2, 0.25) is 0 Å². The Balaban J connectivity index is 1.48. The van der Waals surface area contributed by atoms with E-state index in [-0.39, 0.29) is 70.5 Å². The van der Waals surface area contributed by atoms with E-state index in [0.717, 1.165) is 28.7 Å². The number of likely N-dealkylation sites (tertiary alicyclic amines) is 2. The number of alkyl halides is 6. The standard InChI is InChI=1S/C38H40F6N4O6S/c1-2-8-30-36(54-25-21-31(55-23-25)38(42,43)44,13-7-17-48(30)33(51)26-22-46-16-12-27(26)37(39,40)41)34(52)47-18-14-35(24-45,15-19-47)28-9-3-4-10-29(28)53-20-6-5-11-32(49)50/h3-4,9-10,12,16,21-23,30H,2,5-8,11,13-15,17-20H2,1H3,(H,49,50). The summed E-state index contributed by atoms with van der Waals surface area (Å²) in [5.41, 5.74) is -4.45. The van der Waals surface area contributed by atoms with Gasteiger partial charge in [-0.1, -0.05) is 31.5 Å². The predicted molar refractivity (Wildman–Crippen MR) is 187 cm³/mol. The van der Waals surface area contributed by atoms with Crippen LogP contribution >= 0.6 is 11.3 Å². The lowest BCUT2D eigenvalue weighted by Gasteiger charge is -2.51. The average molecular weight is 795 g/mol. The van der Waals surface area contributed by atoms with Crippen molar-refractivity contribution in [3.05, 3.63) is 75.7 Å². The fourth-order valence-corrected chi connectivity index (χ4v) is 8.13. The largest absolute Gasteiger partial charge is 0.493 e. The summed E-state index contributed by atoms with van der Waals surface area (Å²) < 4.78 is 95.6. The summed E-state index contributed by atoms with van der Waals surface area (Å²) in [6, 6.07) is 9.61. The smallest absolute Gasteiger partial charge is 0.425 e. The topological polar surface area (TPSA) is 133 Å². The van der Waals surface area contributed by atoms with Gasteiger partial charge in [-0.05, 0) is 50.7 Å². The molecule has 2 fully saturated rings. The molecule has 2 amide bonds. The van der Waals surface area contributed by atoms with Crippen LogP contribution in [0.3, 0.4) is 0 Å². The van der Waals surface area contributed by atoms with Crippen molar-refractivity contribution in [2.45, 2.75) is 94.1 Å². The van der Waals surface area contributed by atoms with Crippen molar-refractivity contribution in [1.29, 1.82) is 5.26 Å². The van der Waals surface area contributed by atoms with E-state index in [1.54, 1.807) is 31.2 Å². The van der Waals surface area contributed by atoms with E-state index >= 15 is 0 Å².